The standard InChI is InChI=1S/C20H17ClN4O3/c1-12-3-6-14(21)9-16(12)25-19(26)17-10-18(23-11-22-17)24-15-7-4-13(5-8-15)20(27)28-2/h3-11H,1-2H3,(H,25,26)(H,22,23,24). The van der Waals surface area contributed by atoms with E-state index in [1.54, 1.807) is 36.4 Å². The molecule has 0 bridgehead atoms. The largest absolute Gasteiger partial charge is 0.465 e. The molecule has 0 aliphatic carbocycles. The first-order chi connectivity index (χ1) is 13.5. The van der Waals surface area contributed by atoms with Crippen molar-refractivity contribution in [2.24, 2.45) is 0 Å². The average molecular weight is 397 g/mol. The molecule has 0 fully saturated rings. The Balaban J connectivity index is 1.74. The zero-order chi connectivity index (χ0) is 20.1. The summed E-state index contributed by atoms with van der Waals surface area (Å²) in [4.78, 5) is 32.1. The summed E-state index contributed by atoms with van der Waals surface area (Å²) in [6, 6.07) is 13.5. The van der Waals surface area contributed by atoms with Gasteiger partial charge in [-0.05, 0) is 48.9 Å². The number of nitrogens with one attached hydrogen (secondary N) is 2. The van der Waals surface area contributed by atoms with Gasteiger partial charge in [0.15, 0.2) is 0 Å². The van der Waals surface area contributed by atoms with Crippen molar-refractivity contribution in [1.82, 2.24) is 9.97 Å². The predicted octanol–water partition coefficient (Wildman–Crippen LogP) is 4.22. The number of nitrogens with zero attached hydrogens (tertiary/aromatic N) is 2. The van der Waals surface area contributed by atoms with Gasteiger partial charge in [-0.3, -0.25) is 4.79 Å². The van der Waals surface area contributed by atoms with Crippen molar-refractivity contribution in [1.29, 1.82) is 0 Å². The summed E-state index contributed by atoms with van der Waals surface area (Å²) in [5, 5.41) is 6.38. The van der Waals surface area contributed by atoms with Crippen molar-refractivity contribution in [3.8, 4) is 0 Å². The SMILES string of the molecule is COC(=O)c1ccc(Nc2cc(C(=O)Nc3cc(Cl)ccc3C)ncn2)cc1. The molecule has 0 radical (unpaired) electrons. The van der Waals surface area contributed by atoms with Gasteiger partial charge in [0.2, 0.25) is 0 Å². The Labute approximate surface area is 166 Å². The fraction of sp³-hybridized carbons (Fsp3) is 0.100. The molecule has 8 heteroatoms. The summed E-state index contributed by atoms with van der Waals surface area (Å²) in [7, 11) is 1.33. The van der Waals surface area contributed by atoms with Crippen LogP contribution in [0.5, 0.6) is 0 Å². The summed E-state index contributed by atoms with van der Waals surface area (Å²) in [6.07, 6.45) is 1.30. The molecule has 0 aliphatic heterocycles. The van der Waals surface area contributed by atoms with Crippen LogP contribution in [0.15, 0.2) is 54.9 Å². The van der Waals surface area contributed by atoms with Crippen LogP contribution in [0, 0.1) is 6.92 Å². The highest BCUT2D eigenvalue weighted by atomic mass is 35.5. The highest BCUT2D eigenvalue weighted by Gasteiger charge is 2.11. The molecule has 0 spiro atoms. The van der Waals surface area contributed by atoms with E-state index >= 15 is 0 Å². The van der Waals surface area contributed by atoms with Crippen LogP contribution in [0.25, 0.3) is 0 Å². The maximum Gasteiger partial charge on any atom is 0.337 e. The number of anilines is 3. The zero-order valence-corrected chi connectivity index (χ0v) is 15.9. The number of hydrogen-bond donors (Lipinski definition) is 2. The normalized spacial score (nSPS) is 10.2. The fourth-order valence-corrected chi connectivity index (χ4v) is 2.59. The van der Waals surface area contributed by atoms with Gasteiger partial charge in [0.05, 0.1) is 12.7 Å². The smallest absolute Gasteiger partial charge is 0.337 e. The first-order valence-corrected chi connectivity index (χ1v) is 8.69. The maximum atomic E-state index is 12.5. The number of ether oxygens (including phenoxy) is 1. The molecule has 0 aliphatic rings. The van der Waals surface area contributed by atoms with E-state index in [0.29, 0.717) is 27.8 Å². The lowest BCUT2D eigenvalue weighted by Crippen LogP contribution is -2.15. The number of aryl methyl sites for hydroxylation is 1. The van der Waals surface area contributed by atoms with Crippen LogP contribution in [0.1, 0.15) is 26.4 Å². The molecule has 1 heterocycles. The van der Waals surface area contributed by atoms with E-state index in [-0.39, 0.29) is 11.6 Å². The first-order valence-electron chi connectivity index (χ1n) is 8.31. The van der Waals surface area contributed by atoms with Gasteiger partial charge in [-0.1, -0.05) is 17.7 Å². The van der Waals surface area contributed by atoms with Crippen molar-refractivity contribution in [3.63, 3.8) is 0 Å². The van der Waals surface area contributed by atoms with Crippen LogP contribution >= 0.6 is 11.6 Å². The van der Waals surface area contributed by atoms with Crippen molar-refractivity contribution >= 4 is 40.7 Å². The van der Waals surface area contributed by atoms with Crippen LogP contribution in [0.2, 0.25) is 5.02 Å². The number of benzene rings is 2. The minimum absolute atomic E-state index is 0.197. The third-order valence-electron chi connectivity index (χ3n) is 3.93. The molecule has 28 heavy (non-hydrogen) atoms. The summed E-state index contributed by atoms with van der Waals surface area (Å²) in [5.41, 5.74) is 2.83. The molecule has 0 unspecified atom stereocenters. The molecular formula is C20H17ClN4O3. The van der Waals surface area contributed by atoms with Crippen LogP contribution in [0.3, 0.4) is 0 Å². The lowest BCUT2D eigenvalue weighted by atomic mass is 10.2. The summed E-state index contributed by atoms with van der Waals surface area (Å²) in [5.74, 6) is -0.352. The number of hydrogen-bond acceptors (Lipinski definition) is 6. The minimum Gasteiger partial charge on any atom is -0.465 e. The quantitative estimate of drug-likeness (QED) is 0.627. The van der Waals surface area contributed by atoms with Crippen LogP contribution in [0.4, 0.5) is 17.2 Å². The number of carbonyl (C=O) groups is 2. The van der Waals surface area contributed by atoms with Gasteiger partial charge in [-0.2, -0.15) is 0 Å². The predicted molar refractivity (Wildman–Crippen MR) is 107 cm³/mol. The molecule has 1 amide bonds. The van der Waals surface area contributed by atoms with E-state index < -0.39 is 5.97 Å². The Hall–Kier alpha value is -3.45. The van der Waals surface area contributed by atoms with Crippen LogP contribution < -0.4 is 10.6 Å². The Morgan fingerprint density at radius 3 is 2.50 bits per heavy atom. The highest BCUT2D eigenvalue weighted by molar-refractivity contribution is 6.31. The molecule has 2 N–H and O–H groups in total. The lowest BCUT2D eigenvalue weighted by Gasteiger charge is -2.10. The topological polar surface area (TPSA) is 93.2 Å². The van der Waals surface area contributed by atoms with E-state index in [2.05, 4.69) is 25.3 Å². The van der Waals surface area contributed by atoms with E-state index in [9.17, 15) is 9.59 Å². The third-order valence-corrected chi connectivity index (χ3v) is 4.16. The number of amides is 1. The summed E-state index contributed by atoms with van der Waals surface area (Å²) >= 11 is 5.99. The van der Waals surface area contributed by atoms with Gasteiger partial charge in [0.25, 0.3) is 5.91 Å². The van der Waals surface area contributed by atoms with E-state index in [4.69, 9.17) is 11.6 Å². The van der Waals surface area contributed by atoms with Crippen LogP contribution in [-0.2, 0) is 4.74 Å². The van der Waals surface area contributed by atoms with Crippen molar-refractivity contribution in [2.45, 2.75) is 6.92 Å². The monoisotopic (exact) mass is 396 g/mol. The Bertz CT molecular complexity index is 1020. The van der Waals surface area contributed by atoms with Gasteiger partial charge in [-0.15, -0.1) is 0 Å². The van der Waals surface area contributed by atoms with E-state index in [1.807, 2.05) is 13.0 Å². The molecular weight excluding hydrogens is 380 g/mol. The third kappa shape index (κ3) is 4.63. The van der Waals surface area contributed by atoms with E-state index in [1.165, 1.54) is 19.5 Å². The molecule has 3 aromatic rings. The van der Waals surface area contributed by atoms with Gasteiger partial charge in [0.1, 0.15) is 17.8 Å². The molecule has 2 aromatic carbocycles. The number of esters is 1. The second-order valence-corrected chi connectivity index (χ2v) is 6.33. The summed E-state index contributed by atoms with van der Waals surface area (Å²) in [6.45, 7) is 1.87. The maximum absolute atomic E-state index is 12.5. The van der Waals surface area contributed by atoms with E-state index in [0.717, 1.165) is 5.56 Å². The molecule has 7 nitrogen and oxygen atoms in total. The van der Waals surface area contributed by atoms with Gasteiger partial charge in [-0.25, -0.2) is 14.8 Å². The van der Waals surface area contributed by atoms with Crippen LogP contribution in [-0.4, -0.2) is 29.0 Å². The highest BCUT2D eigenvalue weighted by Crippen LogP contribution is 2.21. The number of aromatic nitrogens is 2. The number of halogens is 1. The van der Waals surface area contributed by atoms with Crippen molar-refractivity contribution in [2.75, 3.05) is 17.7 Å². The zero-order valence-electron chi connectivity index (χ0n) is 15.2. The van der Waals surface area contributed by atoms with Gasteiger partial charge >= 0.3 is 5.97 Å². The Morgan fingerprint density at radius 1 is 1.04 bits per heavy atom. The second kappa shape index (κ2) is 8.49. The van der Waals surface area contributed by atoms with Gasteiger partial charge < -0.3 is 15.4 Å². The number of rotatable bonds is 5. The number of methoxy groups -OCH3 is 1. The summed E-state index contributed by atoms with van der Waals surface area (Å²) < 4.78 is 4.67. The molecule has 142 valence electrons. The molecule has 0 saturated heterocycles. The van der Waals surface area contributed by atoms with Crippen molar-refractivity contribution in [3.05, 3.63) is 76.7 Å². The molecule has 3 rings (SSSR count). The molecule has 1 aromatic heterocycles. The first kappa shape index (κ1) is 19.3. The molecule has 0 atom stereocenters. The number of carbonyl (C=O) groups excluding carboxylic acids is 2. The van der Waals surface area contributed by atoms with Crippen molar-refractivity contribution < 1.29 is 14.3 Å². The Morgan fingerprint density at radius 2 is 1.79 bits per heavy atom. The Kier molecular flexibility index (Phi) is 5.86. The second-order valence-electron chi connectivity index (χ2n) is 5.90. The minimum atomic E-state index is -0.413. The fourth-order valence-electron chi connectivity index (χ4n) is 2.42. The van der Waals surface area contributed by atoms with Gasteiger partial charge in [0, 0.05) is 22.5 Å². The average Bonchev–Trinajstić information content (AvgIpc) is 2.71. The lowest BCUT2D eigenvalue weighted by molar-refractivity contribution is 0.0600. The molecule has 0 saturated carbocycles.